The van der Waals surface area contributed by atoms with E-state index in [1.165, 1.54) is 13.0 Å². The molecule has 0 atom stereocenters. The van der Waals surface area contributed by atoms with Gasteiger partial charge in [0.2, 0.25) is 11.2 Å². The molecule has 0 aliphatic carbocycles. The van der Waals surface area contributed by atoms with Gasteiger partial charge in [0.25, 0.3) is 0 Å². The number of fused-ring (bicyclic) bond motifs is 1. The average Bonchev–Trinajstić information content (AvgIpc) is 2.52. The van der Waals surface area contributed by atoms with Gasteiger partial charge in [-0.3, -0.25) is 9.59 Å². The van der Waals surface area contributed by atoms with Crippen LogP contribution in [0.2, 0.25) is 10.0 Å². The Bertz CT molecular complexity index is 1020. The molecule has 0 N–H and O–H groups in total. The summed E-state index contributed by atoms with van der Waals surface area (Å²) in [5.41, 5.74) is 1.08. The summed E-state index contributed by atoms with van der Waals surface area (Å²) < 4.78 is 11.0. The monoisotopic (exact) mass is 362 g/mol. The number of rotatable bonds is 2. The van der Waals surface area contributed by atoms with Gasteiger partial charge in [-0.1, -0.05) is 35.3 Å². The molecule has 1 aromatic heterocycles. The molecule has 2 aromatic carbocycles. The number of carbonyl (C=O) groups excluding carboxylic acids is 1. The topological polar surface area (TPSA) is 56.5 Å². The third kappa shape index (κ3) is 2.90. The van der Waals surface area contributed by atoms with Crippen LogP contribution in [0.4, 0.5) is 0 Å². The Balaban J connectivity index is 2.42. The minimum atomic E-state index is -0.631. The van der Waals surface area contributed by atoms with Crippen molar-refractivity contribution in [2.24, 2.45) is 0 Å². The van der Waals surface area contributed by atoms with Crippen LogP contribution in [0.25, 0.3) is 22.3 Å². The predicted octanol–water partition coefficient (Wildman–Crippen LogP) is 5.00. The van der Waals surface area contributed by atoms with E-state index in [-0.39, 0.29) is 16.9 Å². The Morgan fingerprint density at radius 3 is 2.50 bits per heavy atom. The number of ether oxygens (including phenoxy) is 1. The lowest BCUT2D eigenvalue weighted by atomic mass is 10.1. The fourth-order valence-electron chi connectivity index (χ4n) is 2.36. The van der Waals surface area contributed by atoms with Gasteiger partial charge in [-0.25, -0.2) is 0 Å². The van der Waals surface area contributed by atoms with E-state index in [0.29, 0.717) is 21.2 Å². The fraction of sp³-hybridized carbons (Fsp3) is 0.111. The third-order valence-electron chi connectivity index (χ3n) is 3.49. The van der Waals surface area contributed by atoms with Crippen molar-refractivity contribution in [2.45, 2.75) is 13.8 Å². The molecule has 6 heteroatoms. The molecule has 0 aliphatic heterocycles. The van der Waals surface area contributed by atoms with E-state index >= 15 is 0 Å². The molecule has 0 unspecified atom stereocenters. The van der Waals surface area contributed by atoms with Crippen LogP contribution in [-0.2, 0) is 4.79 Å². The maximum atomic E-state index is 12.8. The first-order valence-electron chi connectivity index (χ1n) is 7.08. The molecule has 0 fully saturated rings. The van der Waals surface area contributed by atoms with Gasteiger partial charge in [-0.05, 0) is 36.8 Å². The lowest BCUT2D eigenvalue weighted by molar-refractivity contribution is -0.131. The van der Waals surface area contributed by atoms with Gasteiger partial charge < -0.3 is 9.15 Å². The maximum Gasteiger partial charge on any atom is 0.308 e. The zero-order valence-corrected chi connectivity index (χ0v) is 14.4. The molecule has 0 bridgehead atoms. The summed E-state index contributed by atoms with van der Waals surface area (Å²) in [5, 5.41) is 1.03. The average molecular weight is 363 g/mol. The van der Waals surface area contributed by atoms with Crippen molar-refractivity contribution >= 4 is 40.1 Å². The second-order valence-electron chi connectivity index (χ2n) is 5.26. The zero-order chi connectivity index (χ0) is 17.4. The summed E-state index contributed by atoms with van der Waals surface area (Å²) in [5.74, 6) is -0.730. The van der Waals surface area contributed by atoms with Gasteiger partial charge in [0.05, 0.1) is 10.4 Å². The van der Waals surface area contributed by atoms with Crippen LogP contribution >= 0.6 is 23.2 Å². The molecule has 1 heterocycles. The molecular formula is C18H12Cl2O4. The first-order chi connectivity index (χ1) is 11.4. The van der Waals surface area contributed by atoms with Gasteiger partial charge in [-0.2, -0.15) is 0 Å². The van der Waals surface area contributed by atoms with Crippen LogP contribution in [0.15, 0.2) is 45.6 Å². The number of hydrogen-bond acceptors (Lipinski definition) is 4. The van der Waals surface area contributed by atoms with Crippen LogP contribution < -0.4 is 10.2 Å². The van der Waals surface area contributed by atoms with E-state index in [1.54, 1.807) is 37.3 Å². The van der Waals surface area contributed by atoms with Crippen molar-refractivity contribution in [1.82, 2.24) is 0 Å². The molecule has 3 aromatic rings. The van der Waals surface area contributed by atoms with E-state index in [4.69, 9.17) is 32.4 Å². The van der Waals surface area contributed by atoms with Crippen LogP contribution in [0.5, 0.6) is 5.75 Å². The Labute approximate surface area is 147 Å². The van der Waals surface area contributed by atoms with Crippen LogP contribution in [0, 0.1) is 6.92 Å². The summed E-state index contributed by atoms with van der Waals surface area (Å²) in [6.45, 7) is 3.01. The Hall–Kier alpha value is -2.30. The van der Waals surface area contributed by atoms with E-state index in [9.17, 15) is 9.59 Å². The molecule has 4 nitrogen and oxygen atoms in total. The van der Waals surface area contributed by atoms with Crippen molar-refractivity contribution in [2.75, 3.05) is 0 Å². The largest absolute Gasteiger partial charge is 0.452 e. The minimum absolute atomic E-state index is 0.107. The summed E-state index contributed by atoms with van der Waals surface area (Å²) in [4.78, 5) is 24.2. The number of hydrogen-bond donors (Lipinski definition) is 0. The quantitative estimate of drug-likeness (QED) is 0.601. The Morgan fingerprint density at radius 2 is 1.83 bits per heavy atom. The van der Waals surface area contributed by atoms with E-state index in [2.05, 4.69) is 0 Å². The predicted molar refractivity (Wildman–Crippen MR) is 94.0 cm³/mol. The Kier molecular flexibility index (Phi) is 4.35. The summed E-state index contributed by atoms with van der Waals surface area (Å²) in [6, 6.07) is 10.0. The molecular weight excluding hydrogens is 351 g/mol. The SMILES string of the molecule is CC(=O)Oc1c(-c2ccccc2Cl)oc2cc(C)c(Cl)cc2c1=O. The van der Waals surface area contributed by atoms with E-state index in [1.807, 2.05) is 0 Å². The van der Waals surface area contributed by atoms with E-state index < -0.39 is 11.4 Å². The number of aryl methyl sites for hydroxylation is 1. The number of esters is 1. The number of halogens is 2. The third-order valence-corrected chi connectivity index (χ3v) is 4.23. The molecule has 0 amide bonds. The molecule has 0 aliphatic rings. The fourth-order valence-corrected chi connectivity index (χ4v) is 2.74. The van der Waals surface area contributed by atoms with Crippen molar-refractivity contribution in [1.29, 1.82) is 0 Å². The maximum absolute atomic E-state index is 12.8. The molecule has 122 valence electrons. The van der Waals surface area contributed by atoms with Gasteiger partial charge in [0.15, 0.2) is 5.76 Å². The van der Waals surface area contributed by atoms with Crippen molar-refractivity contribution in [3.8, 4) is 17.1 Å². The molecule has 3 rings (SSSR count). The zero-order valence-electron chi connectivity index (χ0n) is 12.9. The number of benzene rings is 2. The van der Waals surface area contributed by atoms with Crippen molar-refractivity contribution in [3.05, 3.63) is 62.2 Å². The highest BCUT2D eigenvalue weighted by atomic mass is 35.5. The van der Waals surface area contributed by atoms with Crippen molar-refractivity contribution in [3.63, 3.8) is 0 Å². The van der Waals surface area contributed by atoms with Crippen LogP contribution in [0.1, 0.15) is 12.5 Å². The normalized spacial score (nSPS) is 10.8. The highest BCUT2D eigenvalue weighted by Crippen LogP contribution is 2.36. The van der Waals surface area contributed by atoms with Crippen LogP contribution in [-0.4, -0.2) is 5.97 Å². The lowest BCUT2D eigenvalue weighted by Crippen LogP contribution is -2.13. The Morgan fingerprint density at radius 1 is 1.12 bits per heavy atom. The second-order valence-corrected chi connectivity index (χ2v) is 6.07. The smallest absolute Gasteiger partial charge is 0.308 e. The van der Waals surface area contributed by atoms with Crippen molar-refractivity contribution < 1.29 is 13.9 Å². The van der Waals surface area contributed by atoms with Gasteiger partial charge in [0.1, 0.15) is 5.58 Å². The molecule has 0 saturated carbocycles. The molecule has 0 spiro atoms. The first kappa shape index (κ1) is 16.6. The molecule has 0 radical (unpaired) electrons. The first-order valence-corrected chi connectivity index (χ1v) is 7.84. The lowest BCUT2D eigenvalue weighted by Gasteiger charge is -2.11. The van der Waals surface area contributed by atoms with E-state index in [0.717, 1.165) is 5.56 Å². The van der Waals surface area contributed by atoms with Gasteiger partial charge in [0, 0.05) is 17.5 Å². The minimum Gasteiger partial charge on any atom is -0.452 e. The van der Waals surface area contributed by atoms with Gasteiger partial charge in [-0.15, -0.1) is 0 Å². The highest BCUT2D eigenvalue weighted by Gasteiger charge is 2.21. The number of carbonyl (C=O) groups is 1. The standard InChI is InChI=1S/C18H12Cl2O4/c1-9-7-15-12(8-14(9)20)16(22)18(23-10(2)21)17(24-15)11-5-3-4-6-13(11)19/h3-8H,1-2H3. The summed E-state index contributed by atoms with van der Waals surface area (Å²) >= 11 is 12.3. The summed E-state index contributed by atoms with van der Waals surface area (Å²) in [7, 11) is 0. The molecule has 0 saturated heterocycles. The summed E-state index contributed by atoms with van der Waals surface area (Å²) in [6.07, 6.45) is 0. The molecule has 24 heavy (non-hydrogen) atoms. The van der Waals surface area contributed by atoms with Crippen LogP contribution in [0.3, 0.4) is 0 Å². The van der Waals surface area contributed by atoms with Gasteiger partial charge >= 0.3 is 5.97 Å². The highest BCUT2D eigenvalue weighted by molar-refractivity contribution is 6.33. The second kappa shape index (κ2) is 6.30.